The van der Waals surface area contributed by atoms with Crippen LogP contribution in [0.3, 0.4) is 0 Å². The van der Waals surface area contributed by atoms with Gasteiger partial charge in [0.2, 0.25) is 0 Å². The van der Waals surface area contributed by atoms with Gasteiger partial charge in [-0.15, -0.1) is 0 Å². The number of benzene rings is 1. The Morgan fingerprint density at radius 2 is 2.00 bits per heavy atom. The third-order valence-electron chi connectivity index (χ3n) is 4.03. The standard InChI is InChI=1S/C16H23N3O/c17-10-14-8-7-13(9-15(14)18)16(20)19-11-12-5-3-1-2-4-6-12/h7-10,12,17H,1-6,11,18H2,(H,19,20). The summed E-state index contributed by atoms with van der Waals surface area (Å²) < 4.78 is 0. The van der Waals surface area contributed by atoms with Gasteiger partial charge in [0.05, 0.1) is 0 Å². The lowest BCUT2D eigenvalue weighted by Crippen LogP contribution is -2.29. The topological polar surface area (TPSA) is 79.0 Å². The predicted octanol–water partition coefficient (Wildman–Crippen LogP) is 2.97. The van der Waals surface area contributed by atoms with E-state index in [1.165, 1.54) is 44.7 Å². The number of hydrogen-bond acceptors (Lipinski definition) is 3. The lowest BCUT2D eigenvalue weighted by molar-refractivity contribution is 0.0946. The number of hydrogen-bond donors (Lipinski definition) is 3. The molecule has 1 aromatic carbocycles. The first-order valence-electron chi connectivity index (χ1n) is 7.39. The average molecular weight is 273 g/mol. The largest absolute Gasteiger partial charge is 0.398 e. The highest BCUT2D eigenvalue weighted by Gasteiger charge is 2.14. The van der Waals surface area contributed by atoms with Gasteiger partial charge in [0, 0.05) is 29.6 Å². The number of nitrogen functional groups attached to an aromatic ring is 1. The van der Waals surface area contributed by atoms with Crippen molar-refractivity contribution in [3.05, 3.63) is 29.3 Å². The van der Waals surface area contributed by atoms with Crippen molar-refractivity contribution in [2.45, 2.75) is 38.5 Å². The Balaban J connectivity index is 1.90. The van der Waals surface area contributed by atoms with Gasteiger partial charge in [0.1, 0.15) is 0 Å². The van der Waals surface area contributed by atoms with Gasteiger partial charge < -0.3 is 16.5 Å². The molecule has 0 atom stereocenters. The Bertz CT molecular complexity index is 477. The Hall–Kier alpha value is -1.84. The highest BCUT2D eigenvalue weighted by atomic mass is 16.1. The third-order valence-corrected chi connectivity index (χ3v) is 4.03. The summed E-state index contributed by atoms with van der Waals surface area (Å²) in [7, 11) is 0. The average Bonchev–Trinajstić information content (AvgIpc) is 2.73. The van der Waals surface area contributed by atoms with E-state index in [1.54, 1.807) is 18.2 Å². The van der Waals surface area contributed by atoms with Crippen molar-refractivity contribution < 1.29 is 4.79 Å². The molecule has 0 aliphatic heterocycles. The minimum absolute atomic E-state index is 0.0718. The van der Waals surface area contributed by atoms with Gasteiger partial charge in [-0.3, -0.25) is 4.79 Å². The first-order valence-corrected chi connectivity index (χ1v) is 7.39. The summed E-state index contributed by atoms with van der Waals surface area (Å²) in [5, 5.41) is 10.2. The summed E-state index contributed by atoms with van der Waals surface area (Å²) >= 11 is 0. The van der Waals surface area contributed by atoms with E-state index in [-0.39, 0.29) is 5.91 Å². The van der Waals surface area contributed by atoms with E-state index >= 15 is 0 Å². The first kappa shape index (κ1) is 14.6. The van der Waals surface area contributed by atoms with Gasteiger partial charge in [-0.2, -0.15) is 0 Å². The zero-order valence-corrected chi connectivity index (χ0v) is 11.8. The maximum Gasteiger partial charge on any atom is 0.251 e. The van der Waals surface area contributed by atoms with E-state index in [2.05, 4.69) is 5.32 Å². The van der Waals surface area contributed by atoms with Crippen molar-refractivity contribution in [2.75, 3.05) is 12.3 Å². The van der Waals surface area contributed by atoms with E-state index < -0.39 is 0 Å². The molecule has 1 aromatic rings. The molecule has 1 aliphatic rings. The van der Waals surface area contributed by atoms with Crippen LogP contribution in [0, 0.1) is 11.3 Å². The van der Waals surface area contributed by atoms with Crippen molar-refractivity contribution >= 4 is 17.8 Å². The molecule has 0 bridgehead atoms. The number of amides is 1. The highest BCUT2D eigenvalue weighted by Crippen LogP contribution is 2.22. The fourth-order valence-electron chi connectivity index (χ4n) is 2.75. The number of nitrogens with one attached hydrogen (secondary N) is 2. The van der Waals surface area contributed by atoms with Gasteiger partial charge in [-0.05, 0) is 30.9 Å². The van der Waals surface area contributed by atoms with Gasteiger partial charge in [-0.25, -0.2) is 0 Å². The summed E-state index contributed by atoms with van der Waals surface area (Å²) in [6.45, 7) is 0.755. The minimum Gasteiger partial charge on any atom is -0.398 e. The maximum absolute atomic E-state index is 12.1. The van der Waals surface area contributed by atoms with E-state index in [1.807, 2.05) is 0 Å². The number of nitrogens with two attached hydrogens (primary N) is 1. The molecule has 1 fully saturated rings. The summed E-state index contributed by atoms with van der Waals surface area (Å²) in [4.78, 5) is 12.1. The molecular formula is C16H23N3O. The Morgan fingerprint density at radius 3 is 2.60 bits per heavy atom. The summed E-state index contributed by atoms with van der Waals surface area (Å²) in [6.07, 6.45) is 8.84. The van der Waals surface area contributed by atoms with Crippen molar-refractivity contribution in [1.82, 2.24) is 5.32 Å². The van der Waals surface area contributed by atoms with E-state index in [9.17, 15) is 4.79 Å². The second-order valence-electron chi connectivity index (χ2n) is 5.56. The van der Waals surface area contributed by atoms with Gasteiger partial charge in [0.25, 0.3) is 5.91 Å². The van der Waals surface area contributed by atoms with Crippen molar-refractivity contribution in [1.29, 1.82) is 5.41 Å². The van der Waals surface area contributed by atoms with Crippen LogP contribution >= 0.6 is 0 Å². The molecule has 108 valence electrons. The van der Waals surface area contributed by atoms with Crippen LogP contribution in [-0.2, 0) is 0 Å². The van der Waals surface area contributed by atoms with Crippen molar-refractivity contribution in [3.63, 3.8) is 0 Å². The quantitative estimate of drug-likeness (QED) is 0.448. The van der Waals surface area contributed by atoms with Crippen LogP contribution in [0.4, 0.5) is 5.69 Å². The Morgan fingerprint density at radius 1 is 1.30 bits per heavy atom. The summed E-state index contributed by atoms with van der Waals surface area (Å²) in [5.41, 5.74) is 7.49. The molecule has 4 heteroatoms. The molecule has 1 saturated carbocycles. The van der Waals surface area contributed by atoms with Crippen LogP contribution in [0.2, 0.25) is 0 Å². The molecule has 20 heavy (non-hydrogen) atoms. The zero-order valence-electron chi connectivity index (χ0n) is 11.8. The second kappa shape index (κ2) is 7.08. The molecule has 1 aliphatic carbocycles. The fourth-order valence-corrected chi connectivity index (χ4v) is 2.75. The SMILES string of the molecule is N=Cc1ccc(C(=O)NCC2CCCCCC2)cc1N. The number of carbonyl (C=O) groups is 1. The second-order valence-corrected chi connectivity index (χ2v) is 5.56. The number of anilines is 1. The van der Waals surface area contributed by atoms with Crippen LogP contribution in [0.5, 0.6) is 0 Å². The summed E-state index contributed by atoms with van der Waals surface area (Å²) in [5.74, 6) is 0.539. The smallest absolute Gasteiger partial charge is 0.251 e. The molecule has 0 radical (unpaired) electrons. The number of rotatable bonds is 4. The normalized spacial score (nSPS) is 16.4. The van der Waals surface area contributed by atoms with Crippen LogP contribution in [0.1, 0.15) is 54.4 Å². The molecule has 4 N–H and O–H groups in total. The number of carbonyl (C=O) groups excluding carboxylic acids is 1. The maximum atomic E-state index is 12.1. The van der Waals surface area contributed by atoms with Crippen molar-refractivity contribution in [3.8, 4) is 0 Å². The molecule has 0 spiro atoms. The van der Waals surface area contributed by atoms with Crippen molar-refractivity contribution in [2.24, 2.45) is 5.92 Å². The van der Waals surface area contributed by atoms with Gasteiger partial charge in [-0.1, -0.05) is 31.7 Å². The Labute approximate surface area is 120 Å². The van der Waals surface area contributed by atoms with Crippen LogP contribution in [0.25, 0.3) is 0 Å². The van der Waals surface area contributed by atoms with E-state index in [0.717, 1.165) is 6.54 Å². The van der Waals surface area contributed by atoms with Crippen LogP contribution in [-0.4, -0.2) is 18.7 Å². The summed E-state index contributed by atoms with van der Waals surface area (Å²) in [6, 6.07) is 5.07. The lowest BCUT2D eigenvalue weighted by atomic mass is 10.0. The van der Waals surface area contributed by atoms with Crippen LogP contribution < -0.4 is 11.1 Å². The molecule has 0 unspecified atom stereocenters. The molecule has 1 amide bonds. The van der Waals surface area contributed by atoms with Gasteiger partial charge >= 0.3 is 0 Å². The minimum atomic E-state index is -0.0718. The third kappa shape index (κ3) is 3.83. The molecule has 0 aromatic heterocycles. The molecule has 0 saturated heterocycles. The predicted molar refractivity (Wildman–Crippen MR) is 82.3 cm³/mol. The van der Waals surface area contributed by atoms with Gasteiger partial charge in [0.15, 0.2) is 0 Å². The van der Waals surface area contributed by atoms with Crippen LogP contribution in [0.15, 0.2) is 18.2 Å². The van der Waals surface area contributed by atoms with E-state index in [4.69, 9.17) is 11.1 Å². The highest BCUT2D eigenvalue weighted by molar-refractivity contribution is 5.97. The monoisotopic (exact) mass is 273 g/mol. The van der Waals surface area contributed by atoms with E-state index in [0.29, 0.717) is 22.7 Å². The Kier molecular flexibility index (Phi) is 5.16. The molecule has 2 rings (SSSR count). The first-order chi connectivity index (χ1) is 9.70. The molecule has 4 nitrogen and oxygen atoms in total. The molecular weight excluding hydrogens is 250 g/mol. The molecule has 0 heterocycles. The zero-order chi connectivity index (χ0) is 14.4. The lowest BCUT2D eigenvalue weighted by Gasteiger charge is -2.15. The fraction of sp³-hybridized carbons (Fsp3) is 0.500.